The van der Waals surface area contributed by atoms with Gasteiger partial charge >= 0.3 is 0 Å². The van der Waals surface area contributed by atoms with Gasteiger partial charge in [-0.25, -0.2) is 0 Å². The fraction of sp³-hybridized carbons (Fsp3) is 0.700. The lowest BCUT2D eigenvalue weighted by atomic mass is 9.51. The van der Waals surface area contributed by atoms with Crippen LogP contribution in [0.4, 0.5) is 0 Å². The highest BCUT2D eigenvalue weighted by Gasteiger charge is 2.52. The van der Waals surface area contributed by atoms with Gasteiger partial charge in [-0.3, -0.25) is 0 Å². The zero-order chi connectivity index (χ0) is 15.7. The summed E-state index contributed by atoms with van der Waals surface area (Å²) in [5, 5.41) is 3.71. The van der Waals surface area contributed by atoms with E-state index in [9.17, 15) is 0 Å². The van der Waals surface area contributed by atoms with Crippen molar-refractivity contribution in [1.82, 2.24) is 5.32 Å². The highest BCUT2D eigenvalue weighted by Crippen LogP contribution is 2.57. The molecule has 0 heterocycles. The van der Waals surface area contributed by atoms with Crippen molar-refractivity contribution in [2.75, 3.05) is 6.54 Å². The first-order valence-corrected chi connectivity index (χ1v) is 8.72. The molecule has 0 spiro atoms. The summed E-state index contributed by atoms with van der Waals surface area (Å²) in [6.45, 7) is 14.9. The van der Waals surface area contributed by atoms with Gasteiger partial charge in [-0.1, -0.05) is 65.8 Å². The average Bonchev–Trinajstić information content (AvgIpc) is 2.44. The molecular weight excluding hydrogens is 254 g/mol. The van der Waals surface area contributed by atoms with Gasteiger partial charge in [0.05, 0.1) is 0 Å². The Kier molecular flexibility index (Phi) is 4.82. The van der Waals surface area contributed by atoms with Gasteiger partial charge in [0.1, 0.15) is 0 Å². The summed E-state index contributed by atoms with van der Waals surface area (Å²) < 4.78 is 0. The van der Waals surface area contributed by atoms with Gasteiger partial charge in [0.25, 0.3) is 0 Å². The van der Waals surface area contributed by atoms with Crippen LogP contribution in [-0.4, -0.2) is 12.6 Å². The number of benzene rings is 1. The van der Waals surface area contributed by atoms with Gasteiger partial charge in [0.2, 0.25) is 0 Å². The van der Waals surface area contributed by atoms with E-state index in [1.807, 2.05) is 0 Å². The Morgan fingerprint density at radius 2 is 1.62 bits per heavy atom. The van der Waals surface area contributed by atoms with Crippen molar-refractivity contribution in [2.45, 2.75) is 78.2 Å². The smallest absolute Gasteiger partial charge is 0.0135 e. The molecule has 1 aliphatic carbocycles. The Balaban J connectivity index is 2.22. The van der Waals surface area contributed by atoms with Crippen LogP contribution in [0.5, 0.6) is 0 Å². The molecule has 2 unspecified atom stereocenters. The Hall–Kier alpha value is -0.820. The van der Waals surface area contributed by atoms with Gasteiger partial charge in [-0.15, -0.1) is 0 Å². The van der Waals surface area contributed by atoms with E-state index in [1.165, 1.54) is 24.8 Å². The maximum Gasteiger partial charge on any atom is 0.0135 e. The molecule has 118 valence electrons. The summed E-state index contributed by atoms with van der Waals surface area (Å²) in [4.78, 5) is 0. The van der Waals surface area contributed by atoms with Gasteiger partial charge in [0.15, 0.2) is 0 Å². The number of hydrogen-bond acceptors (Lipinski definition) is 1. The van der Waals surface area contributed by atoms with E-state index >= 15 is 0 Å². The van der Waals surface area contributed by atoms with E-state index in [2.05, 4.69) is 71.1 Å². The van der Waals surface area contributed by atoms with Gasteiger partial charge < -0.3 is 5.32 Å². The Bertz CT molecular complexity index is 448. The van der Waals surface area contributed by atoms with Gasteiger partial charge in [-0.2, -0.15) is 0 Å². The molecule has 0 saturated heterocycles. The minimum atomic E-state index is 0.247. The maximum atomic E-state index is 3.71. The molecule has 0 bridgehead atoms. The minimum absolute atomic E-state index is 0.247. The van der Waals surface area contributed by atoms with Crippen LogP contribution in [0.2, 0.25) is 0 Å². The van der Waals surface area contributed by atoms with Crippen molar-refractivity contribution < 1.29 is 0 Å². The Morgan fingerprint density at radius 1 is 1.05 bits per heavy atom. The molecular formula is C20H33N. The first-order chi connectivity index (χ1) is 9.89. The summed E-state index contributed by atoms with van der Waals surface area (Å²) in [5.74, 6) is 0.727. The lowest BCUT2D eigenvalue weighted by Gasteiger charge is -2.57. The zero-order valence-electron chi connectivity index (χ0n) is 14.8. The first kappa shape index (κ1) is 16.5. The van der Waals surface area contributed by atoms with Crippen LogP contribution in [0.1, 0.15) is 77.8 Å². The highest BCUT2D eigenvalue weighted by atomic mass is 15.0. The van der Waals surface area contributed by atoms with Crippen LogP contribution in [-0.2, 0) is 5.41 Å². The Morgan fingerprint density at radius 3 is 2.05 bits per heavy atom. The maximum absolute atomic E-state index is 3.71. The molecule has 1 aromatic carbocycles. The summed E-state index contributed by atoms with van der Waals surface area (Å²) in [6, 6.07) is 10.1. The highest BCUT2D eigenvalue weighted by molar-refractivity contribution is 5.33. The third-order valence-corrected chi connectivity index (χ3v) is 5.81. The molecule has 2 rings (SSSR count). The molecule has 0 aliphatic heterocycles. The zero-order valence-corrected chi connectivity index (χ0v) is 14.8. The van der Waals surface area contributed by atoms with Crippen LogP contribution in [0, 0.1) is 5.41 Å². The normalized spacial score (nSPS) is 24.7. The predicted octanol–water partition coefficient (Wildman–Crippen LogP) is 5.26. The molecule has 1 N–H and O–H groups in total. The molecule has 1 heteroatoms. The fourth-order valence-corrected chi connectivity index (χ4v) is 4.24. The SMILES string of the molecule is CCNC1CC(c2ccc(C(C)(C)C)cc2)C1(CC)CC. The molecule has 1 nitrogen and oxygen atoms in total. The average molecular weight is 287 g/mol. The largest absolute Gasteiger partial charge is 0.314 e. The van der Waals surface area contributed by atoms with E-state index < -0.39 is 0 Å². The summed E-state index contributed by atoms with van der Waals surface area (Å²) >= 11 is 0. The van der Waals surface area contributed by atoms with Crippen LogP contribution in [0.25, 0.3) is 0 Å². The van der Waals surface area contributed by atoms with Crippen molar-refractivity contribution in [1.29, 1.82) is 0 Å². The second kappa shape index (κ2) is 6.12. The molecule has 1 aromatic rings. The van der Waals surface area contributed by atoms with Crippen molar-refractivity contribution in [2.24, 2.45) is 5.41 Å². The molecule has 0 amide bonds. The monoisotopic (exact) mass is 287 g/mol. The Labute approximate surface area is 131 Å². The van der Waals surface area contributed by atoms with E-state index in [-0.39, 0.29) is 5.41 Å². The number of rotatable bonds is 5. The summed E-state index contributed by atoms with van der Waals surface area (Å²) in [7, 11) is 0. The van der Waals surface area contributed by atoms with E-state index in [0.29, 0.717) is 11.5 Å². The topological polar surface area (TPSA) is 12.0 Å². The van der Waals surface area contributed by atoms with Gasteiger partial charge in [0, 0.05) is 6.04 Å². The van der Waals surface area contributed by atoms with Crippen LogP contribution >= 0.6 is 0 Å². The summed E-state index contributed by atoms with van der Waals surface area (Å²) in [5.41, 5.74) is 3.68. The van der Waals surface area contributed by atoms with Crippen LogP contribution in [0.15, 0.2) is 24.3 Å². The minimum Gasteiger partial charge on any atom is -0.314 e. The molecule has 1 saturated carbocycles. The van der Waals surface area contributed by atoms with Crippen molar-refractivity contribution in [3.63, 3.8) is 0 Å². The van der Waals surface area contributed by atoms with Crippen LogP contribution < -0.4 is 5.32 Å². The van der Waals surface area contributed by atoms with E-state index in [1.54, 1.807) is 5.56 Å². The molecule has 1 aliphatic rings. The second-order valence-electron chi connectivity index (χ2n) is 7.71. The van der Waals surface area contributed by atoms with Crippen molar-refractivity contribution in [3.05, 3.63) is 35.4 Å². The first-order valence-electron chi connectivity index (χ1n) is 8.72. The van der Waals surface area contributed by atoms with Crippen LogP contribution in [0.3, 0.4) is 0 Å². The molecule has 0 aromatic heterocycles. The molecule has 1 fully saturated rings. The quantitative estimate of drug-likeness (QED) is 0.779. The van der Waals surface area contributed by atoms with Gasteiger partial charge in [-0.05, 0) is 53.7 Å². The fourth-order valence-electron chi connectivity index (χ4n) is 4.24. The van der Waals surface area contributed by atoms with Crippen molar-refractivity contribution in [3.8, 4) is 0 Å². The second-order valence-corrected chi connectivity index (χ2v) is 7.71. The third kappa shape index (κ3) is 2.90. The molecule has 2 atom stereocenters. The predicted molar refractivity (Wildman–Crippen MR) is 93.0 cm³/mol. The summed E-state index contributed by atoms with van der Waals surface area (Å²) in [6.07, 6.45) is 3.84. The third-order valence-electron chi connectivity index (χ3n) is 5.81. The van der Waals surface area contributed by atoms with E-state index in [4.69, 9.17) is 0 Å². The molecule has 0 radical (unpaired) electrons. The lowest BCUT2D eigenvalue weighted by Crippen LogP contribution is -2.58. The number of hydrogen-bond donors (Lipinski definition) is 1. The molecule has 21 heavy (non-hydrogen) atoms. The number of nitrogens with one attached hydrogen (secondary N) is 1. The lowest BCUT2D eigenvalue weighted by molar-refractivity contribution is 0.0210. The standard InChI is InChI=1S/C20H33N/c1-7-20(8-2)17(14-18(20)21-9-3)15-10-12-16(13-11-15)19(4,5)6/h10-13,17-18,21H,7-9,14H2,1-6H3. The van der Waals surface area contributed by atoms with Crippen molar-refractivity contribution >= 4 is 0 Å². The van der Waals surface area contributed by atoms with E-state index in [0.717, 1.165) is 12.5 Å².